The number of halogens is 2. The number of rotatable bonds is 8. The van der Waals surface area contributed by atoms with Gasteiger partial charge in [0.05, 0.1) is 15.6 Å². The number of aliphatic carboxylic acids is 1. The van der Waals surface area contributed by atoms with Crippen LogP contribution in [0.5, 0.6) is 0 Å². The van der Waals surface area contributed by atoms with E-state index in [1.54, 1.807) is 17.8 Å². The minimum atomic E-state index is -0.910. The van der Waals surface area contributed by atoms with E-state index in [2.05, 4.69) is 4.98 Å². The molecule has 26 heavy (non-hydrogen) atoms. The Labute approximate surface area is 159 Å². The highest BCUT2D eigenvalue weighted by Crippen LogP contribution is 2.36. The van der Waals surface area contributed by atoms with Crippen molar-refractivity contribution in [3.63, 3.8) is 0 Å². The van der Waals surface area contributed by atoms with Crippen LogP contribution in [0, 0.1) is 11.6 Å². The summed E-state index contributed by atoms with van der Waals surface area (Å²) in [6, 6.07) is 8.11. The zero-order valence-electron chi connectivity index (χ0n) is 14.1. The molecule has 1 heterocycles. The monoisotopic (exact) mass is 395 g/mol. The van der Waals surface area contributed by atoms with Crippen LogP contribution in [-0.4, -0.2) is 27.1 Å². The Morgan fingerprint density at radius 3 is 2.58 bits per heavy atom. The van der Waals surface area contributed by atoms with Crippen LogP contribution in [0.2, 0.25) is 0 Å². The van der Waals surface area contributed by atoms with Gasteiger partial charge in [-0.25, -0.2) is 13.8 Å². The van der Waals surface area contributed by atoms with Crippen LogP contribution >= 0.6 is 23.5 Å². The summed E-state index contributed by atoms with van der Waals surface area (Å²) in [5.41, 5.74) is 0.959. The molecule has 1 saturated carbocycles. The summed E-state index contributed by atoms with van der Waals surface area (Å²) in [5.74, 6) is -1.84. The predicted octanol–water partition coefficient (Wildman–Crippen LogP) is 5.63. The van der Waals surface area contributed by atoms with Crippen LogP contribution < -0.4 is 0 Å². The van der Waals surface area contributed by atoms with Gasteiger partial charge in [0.1, 0.15) is 11.6 Å². The maximum atomic E-state index is 14.3. The number of carbonyl (C=O) groups is 1. The van der Waals surface area contributed by atoms with E-state index in [-0.39, 0.29) is 11.3 Å². The van der Waals surface area contributed by atoms with E-state index in [0.29, 0.717) is 28.7 Å². The Morgan fingerprint density at radius 1 is 1.23 bits per heavy atom. The minimum absolute atomic E-state index is 0.0102. The number of carboxylic acids is 1. The van der Waals surface area contributed by atoms with Crippen LogP contribution in [0.3, 0.4) is 0 Å². The zero-order valence-corrected chi connectivity index (χ0v) is 15.7. The van der Waals surface area contributed by atoms with Crippen molar-refractivity contribution in [1.29, 1.82) is 0 Å². The first-order chi connectivity index (χ1) is 12.5. The molecule has 0 saturated heterocycles. The van der Waals surface area contributed by atoms with Crippen LogP contribution in [0.25, 0.3) is 11.3 Å². The van der Waals surface area contributed by atoms with E-state index in [0.717, 1.165) is 16.8 Å². The standard InChI is InChI=1S/C19H19F2NO2S2/c20-14-10-12(11-15(21)19(14)25-9-3-8-18(23)24)16-6-2-7-17(22-16)26-13-4-1-5-13/h2,6-7,10-11,13H,1,3-5,8-9H2,(H,23,24). The predicted molar refractivity (Wildman–Crippen MR) is 101 cm³/mol. The highest BCUT2D eigenvalue weighted by atomic mass is 32.2. The number of carboxylic acid groups (broad SMARTS) is 1. The Morgan fingerprint density at radius 2 is 1.96 bits per heavy atom. The molecule has 0 atom stereocenters. The lowest BCUT2D eigenvalue weighted by atomic mass is 10.0. The van der Waals surface area contributed by atoms with Gasteiger partial charge in [0.2, 0.25) is 0 Å². The largest absolute Gasteiger partial charge is 0.481 e. The van der Waals surface area contributed by atoms with E-state index >= 15 is 0 Å². The number of hydrogen-bond donors (Lipinski definition) is 1. The molecule has 1 fully saturated rings. The van der Waals surface area contributed by atoms with Crippen molar-refractivity contribution in [2.24, 2.45) is 0 Å². The fraction of sp³-hybridized carbons (Fsp3) is 0.368. The van der Waals surface area contributed by atoms with Gasteiger partial charge in [-0.15, -0.1) is 23.5 Å². The van der Waals surface area contributed by atoms with Crippen LogP contribution in [0.4, 0.5) is 8.78 Å². The Hall–Kier alpha value is -1.60. The Balaban J connectivity index is 1.72. The first kappa shape index (κ1) is 19.2. The Bertz CT molecular complexity index is 774. The number of aromatic nitrogens is 1. The van der Waals surface area contributed by atoms with Gasteiger partial charge in [0.25, 0.3) is 0 Å². The number of benzene rings is 1. The molecule has 1 N–H and O–H groups in total. The van der Waals surface area contributed by atoms with Crippen molar-refractivity contribution in [1.82, 2.24) is 4.98 Å². The summed E-state index contributed by atoms with van der Waals surface area (Å²) in [4.78, 5) is 15.0. The molecule has 1 aromatic heterocycles. The third kappa shape index (κ3) is 4.98. The Kier molecular flexibility index (Phi) is 6.53. The van der Waals surface area contributed by atoms with E-state index in [1.165, 1.54) is 31.4 Å². The SMILES string of the molecule is O=C(O)CCCSc1c(F)cc(-c2cccc(SC3CCC3)n2)cc1F. The normalized spacial score (nSPS) is 14.2. The average molecular weight is 395 g/mol. The lowest BCUT2D eigenvalue weighted by Crippen LogP contribution is -2.12. The molecule has 3 nitrogen and oxygen atoms in total. The quantitative estimate of drug-likeness (QED) is 0.464. The summed E-state index contributed by atoms with van der Waals surface area (Å²) >= 11 is 2.72. The summed E-state index contributed by atoms with van der Waals surface area (Å²) < 4.78 is 28.7. The molecule has 0 spiro atoms. The van der Waals surface area contributed by atoms with Gasteiger partial charge < -0.3 is 5.11 Å². The fourth-order valence-corrected chi connectivity index (χ4v) is 4.65. The van der Waals surface area contributed by atoms with Crippen LogP contribution in [0.1, 0.15) is 32.1 Å². The molecular formula is C19H19F2NO2S2. The lowest BCUT2D eigenvalue weighted by molar-refractivity contribution is -0.137. The molecule has 0 bridgehead atoms. The summed E-state index contributed by atoms with van der Waals surface area (Å²) in [6.45, 7) is 0. The van der Waals surface area contributed by atoms with Gasteiger partial charge in [0, 0.05) is 17.2 Å². The topological polar surface area (TPSA) is 50.2 Å². The number of nitrogens with zero attached hydrogens (tertiary/aromatic N) is 1. The van der Waals surface area contributed by atoms with Gasteiger partial charge in [-0.3, -0.25) is 4.79 Å². The number of thioether (sulfide) groups is 2. The van der Waals surface area contributed by atoms with E-state index in [1.807, 2.05) is 12.1 Å². The van der Waals surface area contributed by atoms with Crippen molar-refractivity contribution in [3.8, 4) is 11.3 Å². The molecule has 1 aliphatic carbocycles. The molecule has 0 amide bonds. The molecular weight excluding hydrogens is 376 g/mol. The molecule has 3 rings (SSSR count). The van der Waals surface area contributed by atoms with Gasteiger partial charge in [0.15, 0.2) is 0 Å². The van der Waals surface area contributed by atoms with Gasteiger partial charge in [-0.05, 0) is 49.3 Å². The van der Waals surface area contributed by atoms with Gasteiger partial charge >= 0.3 is 5.97 Å². The number of pyridine rings is 1. The third-order valence-corrected chi connectivity index (χ3v) is 6.58. The molecule has 0 unspecified atom stereocenters. The first-order valence-corrected chi connectivity index (χ1v) is 10.4. The maximum Gasteiger partial charge on any atom is 0.303 e. The molecule has 1 aliphatic rings. The lowest BCUT2D eigenvalue weighted by Gasteiger charge is -2.24. The molecule has 2 aromatic rings. The van der Waals surface area contributed by atoms with E-state index in [9.17, 15) is 13.6 Å². The number of hydrogen-bond acceptors (Lipinski definition) is 4. The van der Waals surface area contributed by atoms with Crippen molar-refractivity contribution < 1.29 is 18.7 Å². The zero-order chi connectivity index (χ0) is 18.5. The first-order valence-electron chi connectivity index (χ1n) is 8.50. The minimum Gasteiger partial charge on any atom is -0.481 e. The van der Waals surface area contributed by atoms with E-state index < -0.39 is 17.6 Å². The van der Waals surface area contributed by atoms with Crippen molar-refractivity contribution in [2.45, 2.75) is 47.3 Å². The molecule has 0 radical (unpaired) electrons. The molecule has 1 aromatic carbocycles. The highest BCUT2D eigenvalue weighted by Gasteiger charge is 2.19. The summed E-state index contributed by atoms with van der Waals surface area (Å²) in [5, 5.41) is 10.1. The van der Waals surface area contributed by atoms with Crippen molar-refractivity contribution in [2.75, 3.05) is 5.75 Å². The smallest absolute Gasteiger partial charge is 0.303 e. The second-order valence-electron chi connectivity index (χ2n) is 6.15. The second kappa shape index (κ2) is 8.86. The van der Waals surface area contributed by atoms with E-state index in [4.69, 9.17) is 5.11 Å². The highest BCUT2D eigenvalue weighted by molar-refractivity contribution is 8.00. The van der Waals surface area contributed by atoms with Gasteiger partial charge in [-0.2, -0.15) is 0 Å². The van der Waals surface area contributed by atoms with Crippen LogP contribution in [-0.2, 0) is 4.79 Å². The van der Waals surface area contributed by atoms with Crippen molar-refractivity contribution >= 4 is 29.5 Å². The second-order valence-corrected chi connectivity index (χ2v) is 8.57. The maximum absolute atomic E-state index is 14.3. The average Bonchev–Trinajstić information content (AvgIpc) is 2.56. The molecule has 138 valence electrons. The fourth-order valence-electron chi connectivity index (χ4n) is 2.54. The van der Waals surface area contributed by atoms with Crippen molar-refractivity contribution in [3.05, 3.63) is 42.0 Å². The third-order valence-electron chi connectivity index (χ3n) is 4.14. The summed E-state index contributed by atoms with van der Waals surface area (Å²) in [7, 11) is 0. The molecule has 0 aliphatic heterocycles. The molecule has 7 heteroatoms. The summed E-state index contributed by atoms with van der Waals surface area (Å²) in [6.07, 6.45) is 3.98. The van der Waals surface area contributed by atoms with Gasteiger partial charge in [-0.1, -0.05) is 12.5 Å². The van der Waals surface area contributed by atoms with Crippen LogP contribution in [0.15, 0.2) is 40.3 Å².